The zero-order valence-electron chi connectivity index (χ0n) is 44.3. The lowest BCUT2D eigenvalue weighted by molar-refractivity contribution is -0.152. The molecule has 1 aromatic heterocycles. The molecule has 1 aromatic carbocycles. The number of carboxylic acid groups (broad SMARTS) is 1. The van der Waals surface area contributed by atoms with Crippen LogP contribution in [-0.4, -0.2) is 194 Å². The second-order valence-electron chi connectivity index (χ2n) is 20.4. The summed E-state index contributed by atoms with van der Waals surface area (Å²) in [5.41, 5.74) is 23.0. The predicted octanol–water partition coefficient (Wildman–Crippen LogP) is -2.50. The van der Waals surface area contributed by atoms with Gasteiger partial charge in [-0.2, -0.15) is 0 Å². The number of nitrogens with two attached hydrogens (primary N) is 4. The molecular weight excluding hydrogens is 1040 g/mol. The van der Waals surface area contributed by atoms with Crippen LogP contribution in [-0.2, 0) is 62.5 Å². The Morgan fingerprint density at radius 2 is 1.44 bits per heavy atom. The van der Waals surface area contributed by atoms with E-state index in [0.29, 0.717) is 62.1 Å². The number of carbonyl (C=O) groups is 9. The highest BCUT2D eigenvalue weighted by molar-refractivity contribution is 7.09. The molecule has 4 heterocycles. The molecule has 7 atom stereocenters. The third-order valence-corrected chi connectivity index (χ3v) is 15.6. The van der Waals surface area contributed by atoms with E-state index in [4.69, 9.17) is 22.9 Å². The first-order chi connectivity index (χ1) is 37.8. The fraction of sp³-hybridized carbons (Fsp3) is 0.596. The van der Waals surface area contributed by atoms with Gasteiger partial charge in [-0.1, -0.05) is 49.6 Å². The van der Waals surface area contributed by atoms with Crippen LogP contribution >= 0.6 is 11.3 Å². The molecule has 2 aromatic rings. The lowest BCUT2D eigenvalue weighted by Crippen LogP contribution is -2.62. The van der Waals surface area contributed by atoms with Crippen molar-refractivity contribution in [2.24, 2.45) is 32.9 Å². The average molecular weight is 1120 g/mol. The summed E-state index contributed by atoms with van der Waals surface area (Å²) >= 11 is 1.29. The summed E-state index contributed by atoms with van der Waals surface area (Å²) in [7, 11) is 0. The maximum atomic E-state index is 15.0. The Bertz CT molecular complexity index is 2540. The highest BCUT2D eigenvalue weighted by atomic mass is 32.1. The number of aliphatic hydroxyl groups is 2. The number of thiophene rings is 1. The van der Waals surface area contributed by atoms with Crippen molar-refractivity contribution in [2.45, 2.75) is 151 Å². The van der Waals surface area contributed by atoms with Crippen LogP contribution in [0.5, 0.6) is 0 Å². The number of carboxylic acids is 1. The van der Waals surface area contributed by atoms with E-state index >= 15 is 4.79 Å². The molecule has 27 heteroatoms. The van der Waals surface area contributed by atoms with Gasteiger partial charge in [-0.3, -0.25) is 48.3 Å². The number of nitrogens with zero attached hydrogens (tertiary/aromatic N) is 6. The molecule has 2 saturated heterocycles. The number of likely N-dealkylation sites (tertiary alicyclic amines) is 2. The Balaban J connectivity index is 1.13. The van der Waals surface area contributed by atoms with E-state index in [1.165, 1.54) is 30.9 Å². The number of unbranched alkanes of at least 4 members (excludes halogenated alkanes) is 1. The van der Waals surface area contributed by atoms with Crippen molar-refractivity contribution in [3.8, 4) is 0 Å². The molecule has 79 heavy (non-hydrogen) atoms. The van der Waals surface area contributed by atoms with E-state index in [9.17, 15) is 53.7 Å². The number of hydrogen-bond acceptors (Lipinski definition) is 14. The Morgan fingerprint density at radius 3 is 2.11 bits per heavy atom. The minimum atomic E-state index is -1.63. The largest absolute Gasteiger partial charge is 0.480 e. The molecule has 0 spiro atoms. The van der Waals surface area contributed by atoms with E-state index in [2.05, 4.69) is 31.3 Å². The zero-order valence-corrected chi connectivity index (χ0v) is 45.2. The maximum absolute atomic E-state index is 15.0. The molecule has 0 radical (unpaired) electrons. The summed E-state index contributed by atoms with van der Waals surface area (Å²) in [5.74, 6) is -6.76. The third kappa shape index (κ3) is 17.3. The van der Waals surface area contributed by atoms with Gasteiger partial charge in [0.1, 0.15) is 36.3 Å². The topological polar surface area (TPSA) is 404 Å². The molecule has 3 fully saturated rings. The second kappa shape index (κ2) is 29.5. The summed E-state index contributed by atoms with van der Waals surface area (Å²) in [6, 6.07) is 2.73. The predicted molar refractivity (Wildman–Crippen MR) is 290 cm³/mol. The summed E-state index contributed by atoms with van der Waals surface area (Å²) in [6.07, 6.45) is 4.75. The van der Waals surface area contributed by atoms with Crippen LogP contribution in [0.4, 0.5) is 0 Å². The molecule has 3 aliphatic heterocycles. The molecule has 4 aliphatic rings. The van der Waals surface area contributed by atoms with Crippen LogP contribution in [0.1, 0.15) is 99.5 Å². The van der Waals surface area contributed by atoms with Gasteiger partial charge in [0, 0.05) is 69.3 Å². The molecule has 1 aliphatic carbocycles. The third-order valence-electron chi connectivity index (χ3n) is 14.7. The zero-order chi connectivity index (χ0) is 57.2. The van der Waals surface area contributed by atoms with Crippen LogP contribution in [0.2, 0.25) is 0 Å². The molecule has 0 bridgehead atoms. The number of benzene rings is 1. The van der Waals surface area contributed by atoms with E-state index in [1.807, 2.05) is 6.07 Å². The van der Waals surface area contributed by atoms with Crippen molar-refractivity contribution in [2.75, 3.05) is 45.9 Å². The summed E-state index contributed by atoms with van der Waals surface area (Å²) in [4.78, 5) is 138. The minimum absolute atomic E-state index is 0.00598. The number of aliphatic imine (C=N–C) groups is 2. The summed E-state index contributed by atoms with van der Waals surface area (Å²) in [5, 5.41) is 43.4. The molecule has 8 amide bonds. The molecule has 26 nitrogen and oxygen atoms in total. The molecule has 15 N–H and O–H groups in total. The molecule has 432 valence electrons. The first-order valence-corrected chi connectivity index (χ1v) is 27.8. The second-order valence-corrected chi connectivity index (χ2v) is 21.4. The molecule has 0 unspecified atom stereocenters. The fourth-order valence-electron chi connectivity index (χ4n) is 10.7. The van der Waals surface area contributed by atoms with Gasteiger partial charge in [0.05, 0.1) is 25.8 Å². The maximum Gasteiger partial charge on any atom is 0.326 e. The molecule has 1 saturated carbocycles. The quantitative estimate of drug-likeness (QED) is 0.0264. The van der Waals surface area contributed by atoms with Gasteiger partial charge in [0.2, 0.25) is 47.3 Å². The highest BCUT2D eigenvalue weighted by Crippen LogP contribution is 2.30. The number of amides is 8. The Hall–Kier alpha value is -7.39. The van der Waals surface area contributed by atoms with E-state index in [0.717, 1.165) is 24.8 Å². The lowest BCUT2D eigenvalue weighted by atomic mass is 9.90. The highest BCUT2D eigenvalue weighted by Gasteiger charge is 2.46. The number of aliphatic carboxylic acids is 1. The van der Waals surface area contributed by atoms with Gasteiger partial charge < -0.3 is 79.1 Å². The molecular formula is C52H76N14O12S. The Morgan fingerprint density at radius 1 is 0.747 bits per heavy atom. The van der Waals surface area contributed by atoms with E-state index < -0.39 is 115 Å². The van der Waals surface area contributed by atoms with Crippen LogP contribution in [0.3, 0.4) is 0 Å². The van der Waals surface area contributed by atoms with Crippen LogP contribution < -0.4 is 44.2 Å². The van der Waals surface area contributed by atoms with Gasteiger partial charge in [0.15, 0.2) is 11.9 Å². The Labute approximate surface area is 462 Å². The first kappa shape index (κ1) is 60.8. The first-order valence-electron chi connectivity index (χ1n) is 26.9. The SMILES string of the molecule is NC(N)=NCCCCC(=O)N1CCC[C@H]1C(=O)N1C[C@H](O)C[C@H]1C(=O)NCC(=O)N[C@@H](Cc1cccs1)C(=O)N[C@@H](CO)C(=O)N1Cc2ccccc2C[C@@H]1C(=O)N(CC(=O)N[C@@H](CCCN=C(N)N)C(=O)O)C1CCCCC1. The smallest absolute Gasteiger partial charge is 0.326 e. The summed E-state index contributed by atoms with van der Waals surface area (Å²) in [6.45, 7) is -1.49. The number of hydrogen-bond donors (Lipinski definition) is 11. The standard InChI is InChI=1S/C52H76N14O12S/c53-51(54)57-19-7-6-18-44(71)63-21-9-17-39(63)48(75)66-28-34(68)24-40(66)46(73)59-26-42(69)61-37(25-35-15-10-22-79-35)45(72)62-38(30-67)47(74)65-27-32-12-5-4-11-31(32)23-41(65)49(76)64(33-13-2-1-3-14-33)29-43(70)60-36(50(77)78)16-8-20-58-52(55)56/h4-5,10-12,15,22,33-34,36-41,67-68H,1-3,6-9,13-14,16-21,23-30H2,(H,59,73)(H,60,70)(H,61,69)(H,62,72)(H,77,78)(H4,53,54,57)(H4,55,56,58)/t34-,36+,37+,38+,39+,40+,41-/m1/s1. The number of rotatable bonds is 26. The monoisotopic (exact) mass is 1120 g/mol. The average Bonchev–Trinajstić information content (AvgIpc) is 4.26. The van der Waals surface area contributed by atoms with Gasteiger partial charge in [-0.15, -0.1) is 11.3 Å². The number of fused-ring (bicyclic) bond motifs is 1. The van der Waals surface area contributed by atoms with Crippen molar-refractivity contribution in [1.82, 2.24) is 40.9 Å². The van der Waals surface area contributed by atoms with Crippen molar-refractivity contribution >= 4 is 76.5 Å². The lowest BCUT2D eigenvalue weighted by Gasteiger charge is -2.42. The van der Waals surface area contributed by atoms with E-state index in [1.54, 1.807) is 35.7 Å². The van der Waals surface area contributed by atoms with Crippen molar-refractivity contribution in [3.63, 3.8) is 0 Å². The van der Waals surface area contributed by atoms with Gasteiger partial charge >= 0.3 is 5.97 Å². The normalized spacial score (nSPS) is 20.2. The number of nitrogens with one attached hydrogen (secondary N) is 4. The van der Waals surface area contributed by atoms with Gasteiger partial charge in [-0.25, -0.2) is 4.79 Å². The van der Waals surface area contributed by atoms with Crippen LogP contribution in [0, 0.1) is 0 Å². The number of β-amino-alcohol motifs (C(OH)–C–C–N with tert-alkyl or cyclic N) is 1. The van der Waals surface area contributed by atoms with E-state index in [-0.39, 0.29) is 76.0 Å². The Kier molecular flexibility index (Phi) is 22.8. The minimum Gasteiger partial charge on any atom is -0.480 e. The van der Waals surface area contributed by atoms with Crippen molar-refractivity contribution in [3.05, 3.63) is 57.8 Å². The fourth-order valence-corrected chi connectivity index (χ4v) is 11.4. The van der Waals surface area contributed by atoms with Crippen molar-refractivity contribution in [1.29, 1.82) is 0 Å². The van der Waals surface area contributed by atoms with Crippen molar-refractivity contribution < 1.29 is 58.5 Å². The number of guanidine groups is 2. The number of aliphatic hydroxyl groups excluding tert-OH is 2. The van der Waals surface area contributed by atoms with Crippen LogP contribution in [0.25, 0.3) is 0 Å². The van der Waals surface area contributed by atoms with Gasteiger partial charge in [-0.05, 0) is 73.9 Å². The van der Waals surface area contributed by atoms with Crippen LogP contribution in [0.15, 0.2) is 51.8 Å². The molecule has 6 rings (SSSR count). The number of carbonyl (C=O) groups excluding carboxylic acids is 8. The summed E-state index contributed by atoms with van der Waals surface area (Å²) < 4.78 is 0. The van der Waals surface area contributed by atoms with Gasteiger partial charge in [0.25, 0.3) is 0 Å².